The van der Waals surface area contributed by atoms with Crippen LogP contribution in [-0.2, 0) is 15.1 Å². The molecule has 4 rings (SSSR count). The molecule has 116 valence electrons. The minimum Gasteiger partial charge on any atom is -0.344 e. The molecule has 3 aromatic carbocycles. The van der Waals surface area contributed by atoms with E-state index in [1.165, 1.54) is 0 Å². The van der Waals surface area contributed by atoms with Gasteiger partial charge in [-0.2, -0.15) is 12.1 Å². The van der Waals surface area contributed by atoms with Gasteiger partial charge in [0.15, 0.2) is 6.29 Å². The Morgan fingerprint density at radius 3 is 1.96 bits per heavy atom. The Hall–Kier alpha value is -2.29. The minimum absolute atomic E-state index is 0.0906. The summed E-state index contributed by atoms with van der Waals surface area (Å²) in [5.41, 5.74) is 2.70. The summed E-state index contributed by atoms with van der Waals surface area (Å²) in [5, 5.41) is 0. The van der Waals surface area contributed by atoms with Crippen LogP contribution in [-0.4, -0.2) is 6.10 Å². The van der Waals surface area contributed by atoms with Crippen LogP contribution in [0.3, 0.4) is 0 Å². The van der Waals surface area contributed by atoms with Gasteiger partial charge < -0.3 is 9.47 Å². The van der Waals surface area contributed by atoms with Crippen LogP contribution in [0.1, 0.15) is 29.9 Å². The van der Waals surface area contributed by atoms with E-state index in [0.717, 1.165) is 16.7 Å². The van der Waals surface area contributed by atoms with Crippen LogP contribution in [0, 0.1) is 0 Å². The van der Waals surface area contributed by atoms with Crippen molar-refractivity contribution in [3.8, 4) is 0 Å². The van der Waals surface area contributed by atoms with E-state index >= 15 is 0 Å². The second-order valence-corrected chi connectivity index (χ2v) is 5.91. The highest BCUT2D eigenvalue weighted by Gasteiger charge is 2.49. The lowest BCUT2D eigenvalue weighted by atomic mass is 9.82. The first-order valence-corrected chi connectivity index (χ1v) is 7.96. The van der Waals surface area contributed by atoms with Crippen molar-refractivity contribution in [2.24, 2.45) is 0 Å². The second kappa shape index (κ2) is 5.73. The summed E-state index contributed by atoms with van der Waals surface area (Å²) in [4.78, 5) is 0. The van der Waals surface area contributed by atoms with Gasteiger partial charge in [0.05, 0.1) is 6.10 Å². The van der Waals surface area contributed by atoms with E-state index in [1.807, 2.05) is 60.7 Å². The number of rotatable bonds is 3. The largest absolute Gasteiger partial charge is 0.344 e. The molecule has 1 saturated heterocycles. The molecule has 0 saturated carbocycles. The van der Waals surface area contributed by atoms with Crippen molar-refractivity contribution in [1.82, 2.24) is 0 Å². The Labute approximate surface area is 136 Å². The van der Waals surface area contributed by atoms with Gasteiger partial charge in [-0.25, -0.2) is 12.1 Å². The van der Waals surface area contributed by atoms with E-state index in [9.17, 15) is 0 Å². The van der Waals surface area contributed by atoms with Crippen molar-refractivity contribution in [2.75, 3.05) is 0 Å². The van der Waals surface area contributed by atoms with E-state index in [4.69, 9.17) is 9.47 Å². The van der Waals surface area contributed by atoms with E-state index in [1.54, 1.807) is 0 Å². The lowest BCUT2D eigenvalue weighted by molar-refractivity contribution is -0.0839. The maximum atomic E-state index is 6.56. The third kappa shape index (κ3) is 2.31. The molecule has 2 nitrogen and oxygen atoms in total. The highest BCUT2D eigenvalue weighted by molar-refractivity contribution is 5.39. The maximum absolute atomic E-state index is 6.56. The Bertz CT molecular complexity index is 708. The van der Waals surface area contributed by atoms with Gasteiger partial charge in [0.1, 0.15) is 5.60 Å². The zero-order valence-corrected chi connectivity index (χ0v) is 13.1. The van der Waals surface area contributed by atoms with Crippen LogP contribution < -0.4 is 0 Å². The highest BCUT2D eigenvalue weighted by Crippen LogP contribution is 2.48. The molecule has 0 spiro atoms. The van der Waals surface area contributed by atoms with Crippen molar-refractivity contribution >= 4 is 0 Å². The number of hydrogen-bond acceptors (Lipinski definition) is 2. The van der Waals surface area contributed by atoms with E-state index in [0.29, 0.717) is 0 Å². The predicted molar refractivity (Wildman–Crippen MR) is 90.1 cm³/mol. The summed E-state index contributed by atoms with van der Waals surface area (Å²) in [5.74, 6) is 0. The van der Waals surface area contributed by atoms with Crippen LogP contribution in [0.5, 0.6) is 0 Å². The van der Waals surface area contributed by atoms with Crippen molar-refractivity contribution < 1.29 is 9.47 Å². The van der Waals surface area contributed by atoms with Crippen molar-refractivity contribution in [1.29, 1.82) is 0 Å². The Morgan fingerprint density at radius 2 is 1.43 bits per heavy atom. The summed E-state index contributed by atoms with van der Waals surface area (Å²) >= 11 is 0. The molecule has 0 aromatic heterocycles. The molecule has 0 amide bonds. The van der Waals surface area contributed by atoms with E-state index < -0.39 is 5.60 Å². The lowest BCUT2D eigenvalue weighted by Crippen LogP contribution is -2.36. The normalized spacial score (nSPS) is 23.0. The molecule has 1 fully saturated rings. The van der Waals surface area contributed by atoms with Crippen LogP contribution >= 0.6 is 0 Å². The standard InChI is InChI=1S/C21H19O2/c1-16-21(18-12-4-2-5-13-18,19-14-6-3-7-15-19)23-20(22-16)17-10-8-9-11-17/h2-16,20H,1H3/q-1/t16-,20+/m0/s1. The first kappa shape index (κ1) is 14.3. The van der Waals surface area contributed by atoms with Gasteiger partial charge in [-0.3, -0.25) is 0 Å². The molecular formula is C21H19O2-. The molecule has 1 aliphatic heterocycles. The van der Waals surface area contributed by atoms with Gasteiger partial charge in [-0.15, -0.1) is 5.56 Å². The molecular weight excluding hydrogens is 284 g/mol. The Kier molecular flexibility index (Phi) is 3.56. The summed E-state index contributed by atoms with van der Waals surface area (Å²) in [6.45, 7) is 2.09. The van der Waals surface area contributed by atoms with Crippen molar-refractivity contribution in [3.05, 3.63) is 102 Å². The molecule has 2 atom stereocenters. The number of hydrogen-bond donors (Lipinski definition) is 0. The third-order valence-electron chi connectivity index (χ3n) is 4.56. The minimum atomic E-state index is -0.593. The fraction of sp³-hybridized carbons (Fsp3) is 0.190. The fourth-order valence-electron chi connectivity index (χ4n) is 3.41. The maximum Gasteiger partial charge on any atom is 0.163 e. The smallest absolute Gasteiger partial charge is 0.163 e. The average Bonchev–Trinajstić information content (AvgIpc) is 3.25. The van der Waals surface area contributed by atoms with Gasteiger partial charge in [0.2, 0.25) is 0 Å². The molecule has 1 aliphatic rings. The SMILES string of the molecule is C[C@@H]1O[C@@H](c2ccc[cH-]2)OC1(c1ccccc1)c1ccccc1. The monoisotopic (exact) mass is 303 g/mol. The molecule has 2 heteroatoms. The fourth-order valence-corrected chi connectivity index (χ4v) is 3.41. The van der Waals surface area contributed by atoms with Crippen molar-refractivity contribution in [3.63, 3.8) is 0 Å². The quantitative estimate of drug-likeness (QED) is 0.648. The topological polar surface area (TPSA) is 18.5 Å². The Balaban J connectivity index is 1.84. The second-order valence-electron chi connectivity index (χ2n) is 5.91. The lowest BCUT2D eigenvalue weighted by Gasteiger charge is -2.32. The summed E-state index contributed by atoms with van der Waals surface area (Å²) in [6, 6.07) is 28.8. The molecule has 3 aromatic rings. The zero-order valence-electron chi connectivity index (χ0n) is 13.1. The molecule has 0 radical (unpaired) electrons. The molecule has 0 aliphatic carbocycles. The van der Waals surface area contributed by atoms with Gasteiger partial charge in [0.25, 0.3) is 0 Å². The summed E-state index contributed by atoms with van der Waals surface area (Å²) in [7, 11) is 0. The van der Waals surface area contributed by atoms with Gasteiger partial charge in [0, 0.05) is 0 Å². The first-order valence-electron chi connectivity index (χ1n) is 7.96. The predicted octanol–water partition coefficient (Wildman–Crippen LogP) is 4.78. The van der Waals surface area contributed by atoms with Crippen LogP contribution in [0.25, 0.3) is 0 Å². The number of ether oxygens (including phenoxy) is 2. The van der Waals surface area contributed by atoms with Gasteiger partial charge in [-0.05, 0) is 18.1 Å². The van der Waals surface area contributed by atoms with Crippen LogP contribution in [0.15, 0.2) is 84.9 Å². The summed E-state index contributed by atoms with van der Waals surface area (Å²) in [6.07, 6.45) is -0.437. The molecule has 23 heavy (non-hydrogen) atoms. The van der Waals surface area contributed by atoms with Gasteiger partial charge >= 0.3 is 0 Å². The molecule has 1 heterocycles. The molecule has 0 N–H and O–H groups in total. The third-order valence-corrected chi connectivity index (χ3v) is 4.56. The molecule has 0 unspecified atom stereocenters. The van der Waals surface area contributed by atoms with E-state index in [-0.39, 0.29) is 12.4 Å². The van der Waals surface area contributed by atoms with Crippen LogP contribution in [0.4, 0.5) is 0 Å². The van der Waals surface area contributed by atoms with Crippen molar-refractivity contribution in [2.45, 2.75) is 24.9 Å². The van der Waals surface area contributed by atoms with Crippen LogP contribution in [0.2, 0.25) is 0 Å². The first-order chi connectivity index (χ1) is 11.3. The van der Waals surface area contributed by atoms with E-state index in [2.05, 4.69) is 31.2 Å². The molecule has 0 bridgehead atoms. The highest BCUT2D eigenvalue weighted by atomic mass is 16.7. The van der Waals surface area contributed by atoms with Gasteiger partial charge in [-0.1, -0.05) is 60.7 Å². The number of benzene rings is 2. The summed E-state index contributed by atoms with van der Waals surface area (Å²) < 4.78 is 12.8. The average molecular weight is 303 g/mol. The zero-order chi connectivity index (χ0) is 15.7. The Morgan fingerprint density at radius 1 is 0.826 bits per heavy atom.